The van der Waals surface area contributed by atoms with E-state index in [0.29, 0.717) is 0 Å². The van der Waals surface area contributed by atoms with Crippen LogP contribution >= 0.6 is 11.6 Å². The molecule has 0 aliphatic carbocycles. The Kier molecular flexibility index (Phi) is 2.14. The van der Waals surface area contributed by atoms with E-state index in [1.54, 1.807) is 6.92 Å². The van der Waals surface area contributed by atoms with Crippen molar-refractivity contribution in [2.24, 2.45) is 0 Å². The Labute approximate surface area is 48.6 Å². The van der Waals surface area contributed by atoms with Crippen LogP contribution in [0.1, 0.15) is 6.92 Å². The molecule has 0 saturated heterocycles. The van der Waals surface area contributed by atoms with Crippen LogP contribution in [0, 0.1) is 12.3 Å². The van der Waals surface area contributed by atoms with Crippen LogP contribution in [-0.4, -0.2) is 12.2 Å². The Morgan fingerprint density at radius 3 is 2.29 bits per heavy atom. The summed E-state index contributed by atoms with van der Waals surface area (Å²) >= 11 is 5.45. The fraction of sp³-hybridized carbons (Fsp3) is 0.600. The first kappa shape index (κ1) is 6.81. The van der Waals surface area contributed by atoms with Crippen molar-refractivity contribution < 1.29 is 4.74 Å². The number of hydrogen-bond donors (Lipinski definition) is 0. The minimum absolute atomic E-state index is 0.917. The first-order chi connectivity index (χ1) is 3.12. The number of rotatable bonds is 1. The summed E-state index contributed by atoms with van der Waals surface area (Å²) < 4.78 is 4.62. The van der Waals surface area contributed by atoms with Gasteiger partial charge in [0.2, 0.25) is 0 Å². The average molecular weight is 119 g/mol. The average Bonchev–Trinajstić information content (AvgIpc) is 1.68. The topological polar surface area (TPSA) is 9.23 Å². The van der Waals surface area contributed by atoms with Crippen molar-refractivity contribution in [1.29, 1.82) is 0 Å². The van der Waals surface area contributed by atoms with E-state index >= 15 is 0 Å². The fourth-order valence-electron chi connectivity index (χ4n) is 0.0589. The third kappa shape index (κ3) is 2.50. The normalized spacial score (nSPS) is 17.4. The maximum atomic E-state index is 5.45. The standard InChI is InChI=1S/C5H7ClO/c1-4-5(2,6)7-3/h1H,2-3H3. The van der Waals surface area contributed by atoms with E-state index in [1.165, 1.54) is 7.11 Å². The van der Waals surface area contributed by atoms with Crippen LogP contribution in [0.15, 0.2) is 0 Å². The smallest absolute Gasteiger partial charge is 0.200 e. The van der Waals surface area contributed by atoms with Gasteiger partial charge in [0.15, 0.2) is 5.06 Å². The Balaban J connectivity index is 3.66. The molecule has 0 rings (SSSR count). The molecule has 0 aliphatic rings. The molecule has 0 radical (unpaired) electrons. The zero-order chi connectivity index (χ0) is 5.91. The van der Waals surface area contributed by atoms with Crippen molar-refractivity contribution in [2.45, 2.75) is 12.0 Å². The first-order valence-corrected chi connectivity index (χ1v) is 2.22. The van der Waals surface area contributed by atoms with Gasteiger partial charge < -0.3 is 4.74 Å². The fourth-order valence-corrected chi connectivity index (χ4v) is 0.0589. The monoisotopic (exact) mass is 118 g/mol. The Morgan fingerprint density at radius 1 is 1.86 bits per heavy atom. The lowest BCUT2D eigenvalue weighted by Crippen LogP contribution is -2.14. The molecule has 1 nitrogen and oxygen atoms in total. The molecule has 0 aromatic heterocycles. The van der Waals surface area contributed by atoms with Gasteiger partial charge >= 0.3 is 0 Å². The van der Waals surface area contributed by atoms with Gasteiger partial charge in [-0.3, -0.25) is 0 Å². The van der Waals surface area contributed by atoms with Crippen molar-refractivity contribution >= 4 is 11.6 Å². The zero-order valence-electron chi connectivity index (χ0n) is 4.36. The molecule has 0 saturated carbocycles. The molecule has 0 aliphatic heterocycles. The van der Waals surface area contributed by atoms with Gasteiger partial charge in [0.1, 0.15) is 0 Å². The van der Waals surface area contributed by atoms with Crippen LogP contribution < -0.4 is 0 Å². The van der Waals surface area contributed by atoms with Crippen molar-refractivity contribution in [1.82, 2.24) is 0 Å². The Hall–Kier alpha value is -0.190. The lowest BCUT2D eigenvalue weighted by Gasteiger charge is -2.09. The predicted molar refractivity (Wildman–Crippen MR) is 30.1 cm³/mol. The molecule has 0 fully saturated rings. The van der Waals surface area contributed by atoms with Gasteiger partial charge in [-0.15, -0.1) is 6.42 Å². The van der Waals surface area contributed by atoms with Crippen LogP contribution in [-0.2, 0) is 4.74 Å². The van der Waals surface area contributed by atoms with E-state index in [9.17, 15) is 0 Å². The molecule has 7 heavy (non-hydrogen) atoms. The van der Waals surface area contributed by atoms with Crippen molar-refractivity contribution in [3.05, 3.63) is 0 Å². The van der Waals surface area contributed by atoms with Gasteiger partial charge in [0, 0.05) is 7.11 Å². The second kappa shape index (κ2) is 2.20. The van der Waals surface area contributed by atoms with Gasteiger partial charge in [0.25, 0.3) is 0 Å². The minimum Gasteiger partial charge on any atom is -0.352 e. The van der Waals surface area contributed by atoms with Crippen LogP contribution in [0.4, 0.5) is 0 Å². The molecule has 1 atom stereocenters. The maximum absolute atomic E-state index is 5.45. The van der Waals surface area contributed by atoms with Crippen molar-refractivity contribution in [2.75, 3.05) is 7.11 Å². The molecule has 1 unspecified atom stereocenters. The van der Waals surface area contributed by atoms with Crippen LogP contribution in [0.25, 0.3) is 0 Å². The quantitative estimate of drug-likeness (QED) is 0.372. The molecule has 0 spiro atoms. The summed E-state index contributed by atoms with van der Waals surface area (Å²) in [6.45, 7) is 1.61. The van der Waals surface area contributed by atoms with Crippen molar-refractivity contribution in [3.63, 3.8) is 0 Å². The van der Waals surface area contributed by atoms with E-state index in [-0.39, 0.29) is 0 Å². The third-order valence-electron chi connectivity index (χ3n) is 0.641. The van der Waals surface area contributed by atoms with E-state index in [2.05, 4.69) is 10.7 Å². The number of halogens is 1. The molecule has 0 amide bonds. The van der Waals surface area contributed by atoms with Crippen molar-refractivity contribution in [3.8, 4) is 12.3 Å². The van der Waals surface area contributed by atoms with Gasteiger partial charge in [-0.25, -0.2) is 0 Å². The Morgan fingerprint density at radius 2 is 2.29 bits per heavy atom. The predicted octanol–water partition coefficient (Wildman–Crippen LogP) is 1.22. The highest BCUT2D eigenvalue weighted by Gasteiger charge is 2.12. The number of methoxy groups -OCH3 is 1. The molecule has 0 N–H and O–H groups in total. The van der Waals surface area contributed by atoms with Gasteiger partial charge in [-0.1, -0.05) is 17.5 Å². The summed E-state index contributed by atoms with van der Waals surface area (Å²) in [6, 6.07) is 0. The summed E-state index contributed by atoms with van der Waals surface area (Å²) in [5, 5.41) is -0.917. The zero-order valence-corrected chi connectivity index (χ0v) is 5.12. The summed E-state index contributed by atoms with van der Waals surface area (Å²) in [5.74, 6) is 2.23. The second-order valence-electron chi connectivity index (χ2n) is 1.27. The molecule has 0 heterocycles. The molecule has 0 aromatic rings. The number of ether oxygens (including phenoxy) is 1. The number of terminal acetylenes is 1. The van der Waals surface area contributed by atoms with Gasteiger partial charge in [-0.05, 0) is 6.92 Å². The lowest BCUT2D eigenvalue weighted by molar-refractivity contribution is 0.129. The summed E-state index contributed by atoms with van der Waals surface area (Å²) in [4.78, 5) is 0. The maximum Gasteiger partial charge on any atom is 0.200 e. The SMILES string of the molecule is C#CC(C)(Cl)OC. The summed E-state index contributed by atoms with van der Waals surface area (Å²) in [6.07, 6.45) is 4.91. The van der Waals surface area contributed by atoms with Gasteiger partial charge in [-0.2, -0.15) is 0 Å². The Bertz CT molecular complexity index is 90.7. The highest BCUT2D eigenvalue weighted by Crippen LogP contribution is 2.11. The van der Waals surface area contributed by atoms with Crippen LogP contribution in [0.2, 0.25) is 0 Å². The first-order valence-electron chi connectivity index (χ1n) is 1.84. The second-order valence-corrected chi connectivity index (χ2v) is 1.99. The van der Waals surface area contributed by atoms with Crippen LogP contribution in [0.3, 0.4) is 0 Å². The van der Waals surface area contributed by atoms with E-state index < -0.39 is 5.06 Å². The van der Waals surface area contributed by atoms with Crippen LogP contribution in [0.5, 0.6) is 0 Å². The largest absolute Gasteiger partial charge is 0.352 e. The van der Waals surface area contributed by atoms with Gasteiger partial charge in [0.05, 0.1) is 0 Å². The van der Waals surface area contributed by atoms with E-state index in [0.717, 1.165) is 0 Å². The summed E-state index contributed by atoms with van der Waals surface area (Å²) in [5.41, 5.74) is 0. The number of alkyl halides is 1. The highest BCUT2D eigenvalue weighted by molar-refractivity contribution is 6.24. The highest BCUT2D eigenvalue weighted by atomic mass is 35.5. The number of hydrogen-bond acceptors (Lipinski definition) is 1. The summed E-state index contributed by atoms with van der Waals surface area (Å²) in [7, 11) is 1.47. The van der Waals surface area contributed by atoms with E-state index in [4.69, 9.17) is 18.0 Å². The minimum atomic E-state index is -0.917. The molecule has 0 bridgehead atoms. The third-order valence-corrected chi connectivity index (χ3v) is 0.905. The molecule has 40 valence electrons. The molecular formula is C5H7ClO. The van der Waals surface area contributed by atoms with E-state index in [1.807, 2.05) is 0 Å². The molecular weight excluding hydrogens is 112 g/mol. The molecule has 0 aromatic carbocycles. The molecule has 2 heteroatoms. The lowest BCUT2D eigenvalue weighted by atomic mass is 10.4.